The third-order valence-corrected chi connectivity index (χ3v) is 3.41. The first-order chi connectivity index (χ1) is 7.68. The van der Waals surface area contributed by atoms with Crippen molar-refractivity contribution >= 4 is 0 Å². The molecule has 2 aliphatic heterocycles. The van der Waals surface area contributed by atoms with Gasteiger partial charge >= 0.3 is 0 Å². The Balaban J connectivity index is 2.20. The minimum Gasteiger partial charge on any atom is -0.364 e. The van der Waals surface area contributed by atoms with Gasteiger partial charge in [-0.2, -0.15) is 0 Å². The first-order valence-corrected chi connectivity index (χ1v) is 5.18. The molecule has 3 aliphatic rings. The number of nitrogens with two attached hydrogens (primary N) is 1. The van der Waals surface area contributed by atoms with Gasteiger partial charge < -0.3 is 5.32 Å². The molecule has 2 unspecified atom stereocenters. The number of allylic oxidation sites excluding steroid dienone is 4. The van der Waals surface area contributed by atoms with E-state index in [1.54, 1.807) is 0 Å². The average Bonchev–Trinajstić information content (AvgIpc) is 2.51. The van der Waals surface area contributed by atoms with Gasteiger partial charge in [-0.1, -0.05) is 18.2 Å². The Hall–Kier alpha value is -1.56. The number of nitrogens with zero attached hydrogens (tertiary/aromatic N) is 2. The van der Waals surface area contributed by atoms with Crippen molar-refractivity contribution in [1.82, 2.24) is 15.3 Å². The molecule has 4 N–H and O–H groups in total. The van der Waals surface area contributed by atoms with Gasteiger partial charge in [0.2, 0.25) is 0 Å². The van der Waals surface area contributed by atoms with Gasteiger partial charge in [-0.3, -0.25) is 10.9 Å². The fourth-order valence-corrected chi connectivity index (χ4v) is 2.52. The number of dihydropyridines is 1. The van der Waals surface area contributed by atoms with E-state index in [0.717, 1.165) is 16.3 Å². The van der Waals surface area contributed by atoms with Gasteiger partial charge in [-0.25, -0.2) is 9.96 Å². The lowest BCUT2D eigenvalue weighted by Gasteiger charge is -2.40. The summed E-state index contributed by atoms with van der Waals surface area (Å²) >= 11 is 0. The van der Waals surface area contributed by atoms with Crippen molar-refractivity contribution in [2.24, 2.45) is 5.73 Å². The van der Waals surface area contributed by atoms with E-state index in [-0.39, 0.29) is 0 Å². The van der Waals surface area contributed by atoms with Gasteiger partial charge in [0, 0.05) is 0 Å². The Bertz CT molecular complexity index is 451. The molecule has 1 saturated heterocycles. The van der Waals surface area contributed by atoms with Crippen LogP contribution in [0.25, 0.3) is 0 Å². The van der Waals surface area contributed by atoms with Crippen LogP contribution in [0.2, 0.25) is 0 Å². The maximum atomic E-state index is 9.97. The topological polar surface area (TPSA) is 64.8 Å². The largest absolute Gasteiger partial charge is 0.364 e. The minimum absolute atomic E-state index is 0.530. The zero-order valence-electron chi connectivity index (χ0n) is 8.96. The molecule has 0 aromatic rings. The third-order valence-electron chi connectivity index (χ3n) is 3.41. The molecule has 3 rings (SSSR count). The Kier molecular flexibility index (Phi) is 1.79. The number of hydrogen-bond donors (Lipinski definition) is 3. The molecule has 1 aliphatic carbocycles. The van der Waals surface area contributed by atoms with E-state index < -0.39 is 12.0 Å². The molecule has 0 bridgehead atoms. The van der Waals surface area contributed by atoms with Crippen molar-refractivity contribution in [3.63, 3.8) is 0 Å². The van der Waals surface area contributed by atoms with Crippen LogP contribution in [0.15, 0.2) is 47.9 Å². The lowest BCUT2D eigenvalue weighted by atomic mass is 9.89. The lowest BCUT2D eigenvalue weighted by Crippen LogP contribution is -2.58. The molecule has 5 heteroatoms. The molecule has 1 fully saturated rings. The highest BCUT2D eigenvalue weighted by Gasteiger charge is 2.54. The van der Waals surface area contributed by atoms with E-state index >= 15 is 0 Å². The van der Waals surface area contributed by atoms with Gasteiger partial charge in [-0.05, 0) is 31.0 Å². The highest BCUT2D eigenvalue weighted by molar-refractivity contribution is 5.51. The summed E-state index contributed by atoms with van der Waals surface area (Å²) in [4.78, 5) is 1.90. The summed E-state index contributed by atoms with van der Waals surface area (Å²) in [7, 11) is 1.88. The predicted molar refractivity (Wildman–Crippen MR) is 59.7 cm³/mol. The van der Waals surface area contributed by atoms with Crippen molar-refractivity contribution in [2.75, 3.05) is 7.05 Å². The third kappa shape index (κ3) is 0.904. The maximum Gasteiger partial charge on any atom is 0.163 e. The van der Waals surface area contributed by atoms with E-state index in [0.29, 0.717) is 0 Å². The Morgan fingerprint density at radius 3 is 3.06 bits per heavy atom. The van der Waals surface area contributed by atoms with Gasteiger partial charge in [0.05, 0.1) is 5.70 Å². The second-order valence-corrected chi connectivity index (χ2v) is 4.12. The van der Waals surface area contributed by atoms with Crippen LogP contribution < -0.4 is 11.1 Å². The van der Waals surface area contributed by atoms with E-state index in [4.69, 9.17) is 5.73 Å². The summed E-state index contributed by atoms with van der Waals surface area (Å²) in [5.74, 6) is 0. The van der Waals surface area contributed by atoms with E-state index in [9.17, 15) is 5.21 Å². The Morgan fingerprint density at radius 1 is 1.44 bits per heavy atom. The Labute approximate surface area is 93.8 Å². The van der Waals surface area contributed by atoms with Gasteiger partial charge in [0.1, 0.15) is 0 Å². The number of rotatable bonds is 0. The van der Waals surface area contributed by atoms with Crippen LogP contribution in [-0.4, -0.2) is 34.2 Å². The van der Waals surface area contributed by atoms with Crippen molar-refractivity contribution in [1.29, 1.82) is 0 Å². The number of hydroxylamine groups is 2. The SMILES string of the molecule is CN1C(N)N(O)C2=CC=CC3=CC=CNC321. The fraction of sp³-hybridized carbons (Fsp3) is 0.273. The summed E-state index contributed by atoms with van der Waals surface area (Å²) in [5.41, 5.74) is 7.22. The standard InChI is InChI=1S/C11H14N4O/c1-14-10(12)15(16)9-6-2-4-8-5-3-7-13-11(8,9)14/h2-7,10,13,16H,12H2,1H3. The number of nitrogens with one attached hydrogen (secondary N) is 1. The number of likely N-dealkylation sites (N-methyl/N-ethyl adjacent to an activating group) is 1. The van der Waals surface area contributed by atoms with Gasteiger partial charge in [0.15, 0.2) is 12.0 Å². The molecule has 0 aromatic heterocycles. The first-order valence-electron chi connectivity index (χ1n) is 5.18. The molecule has 2 heterocycles. The van der Waals surface area contributed by atoms with E-state index in [2.05, 4.69) is 5.32 Å². The quantitative estimate of drug-likeness (QED) is 0.536. The van der Waals surface area contributed by atoms with Crippen molar-refractivity contribution in [3.8, 4) is 0 Å². The zero-order valence-corrected chi connectivity index (χ0v) is 8.96. The molecule has 84 valence electrons. The van der Waals surface area contributed by atoms with Crippen LogP contribution in [-0.2, 0) is 0 Å². The molecule has 5 nitrogen and oxygen atoms in total. The summed E-state index contributed by atoms with van der Waals surface area (Å²) < 4.78 is 0. The van der Waals surface area contributed by atoms with Crippen LogP contribution in [0.3, 0.4) is 0 Å². The summed E-state index contributed by atoms with van der Waals surface area (Å²) in [6.07, 6.45) is 11.1. The summed E-state index contributed by atoms with van der Waals surface area (Å²) in [6, 6.07) is 0. The smallest absolute Gasteiger partial charge is 0.163 e. The summed E-state index contributed by atoms with van der Waals surface area (Å²) in [6.45, 7) is 0. The van der Waals surface area contributed by atoms with Crippen molar-refractivity contribution in [2.45, 2.75) is 12.0 Å². The van der Waals surface area contributed by atoms with Crippen LogP contribution in [0, 0.1) is 0 Å². The lowest BCUT2D eigenvalue weighted by molar-refractivity contribution is -0.0991. The molecular weight excluding hydrogens is 204 g/mol. The summed E-state index contributed by atoms with van der Waals surface area (Å²) in [5, 5.41) is 14.4. The molecule has 16 heavy (non-hydrogen) atoms. The minimum atomic E-state index is -0.548. The molecule has 0 amide bonds. The number of hydrogen-bond acceptors (Lipinski definition) is 5. The second-order valence-electron chi connectivity index (χ2n) is 4.12. The zero-order chi connectivity index (χ0) is 11.3. The fourth-order valence-electron chi connectivity index (χ4n) is 2.52. The molecule has 0 saturated carbocycles. The Morgan fingerprint density at radius 2 is 2.25 bits per heavy atom. The van der Waals surface area contributed by atoms with Crippen LogP contribution >= 0.6 is 0 Å². The first kappa shape index (κ1) is 9.65. The second kappa shape index (κ2) is 2.98. The van der Waals surface area contributed by atoms with Gasteiger partial charge in [-0.15, -0.1) is 0 Å². The van der Waals surface area contributed by atoms with E-state index in [1.807, 2.05) is 48.5 Å². The van der Waals surface area contributed by atoms with Crippen LogP contribution in [0.4, 0.5) is 0 Å². The average molecular weight is 218 g/mol. The molecule has 1 spiro atoms. The molecule has 0 radical (unpaired) electrons. The van der Waals surface area contributed by atoms with Gasteiger partial charge in [0.25, 0.3) is 0 Å². The molecule has 2 atom stereocenters. The highest BCUT2D eigenvalue weighted by Crippen LogP contribution is 2.42. The van der Waals surface area contributed by atoms with Crippen LogP contribution in [0.5, 0.6) is 0 Å². The van der Waals surface area contributed by atoms with Crippen molar-refractivity contribution in [3.05, 3.63) is 47.9 Å². The maximum absolute atomic E-state index is 9.97. The predicted octanol–water partition coefficient (Wildman–Crippen LogP) is 0.0586. The van der Waals surface area contributed by atoms with Crippen LogP contribution in [0.1, 0.15) is 0 Å². The van der Waals surface area contributed by atoms with Crippen molar-refractivity contribution < 1.29 is 5.21 Å². The normalized spacial score (nSPS) is 36.4. The molecular formula is C11H14N4O. The van der Waals surface area contributed by atoms with E-state index in [1.165, 1.54) is 0 Å². The molecule has 0 aromatic carbocycles. The highest BCUT2D eigenvalue weighted by atomic mass is 16.5. The monoisotopic (exact) mass is 218 g/mol.